The molecule has 1 atom stereocenters. The number of benzene rings is 2. The summed E-state index contributed by atoms with van der Waals surface area (Å²) in [4.78, 5) is 24.4. The van der Waals surface area contributed by atoms with Gasteiger partial charge >= 0.3 is 0 Å². The smallest absolute Gasteiger partial charge is 0.254 e. The number of para-hydroxylation sites is 1. The molecule has 6 nitrogen and oxygen atoms in total. The van der Waals surface area contributed by atoms with Gasteiger partial charge in [0.2, 0.25) is 0 Å². The number of amides is 1. The normalized spacial score (nSPS) is 19.1. The minimum absolute atomic E-state index is 0.0936. The van der Waals surface area contributed by atoms with Gasteiger partial charge in [-0.25, -0.2) is 4.98 Å². The average molecular weight is 428 g/mol. The maximum atomic E-state index is 13.2. The Bertz CT molecular complexity index is 1030. The summed E-state index contributed by atoms with van der Waals surface area (Å²) in [6, 6.07) is 25.0. The first-order chi connectivity index (χ1) is 15.8. The molecule has 2 fully saturated rings. The first-order valence-electron chi connectivity index (χ1n) is 11.4. The van der Waals surface area contributed by atoms with Crippen molar-refractivity contribution in [2.24, 2.45) is 0 Å². The van der Waals surface area contributed by atoms with Crippen LogP contribution in [0.1, 0.15) is 22.0 Å². The van der Waals surface area contributed by atoms with Gasteiger partial charge in [0, 0.05) is 69.3 Å². The molecule has 5 rings (SSSR count). The van der Waals surface area contributed by atoms with Crippen molar-refractivity contribution in [3.63, 3.8) is 0 Å². The molecule has 1 amide bonds. The monoisotopic (exact) mass is 427 g/mol. The van der Waals surface area contributed by atoms with Crippen LogP contribution in [0.3, 0.4) is 0 Å². The minimum atomic E-state index is 0.0936. The summed E-state index contributed by atoms with van der Waals surface area (Å²) in [7, 11) is 0. The van der Waals surface area contributed by atoms with E-state index in [1.54, 1.807) is 6.20 Å². The van der Waals surface area contributed by atoms with E-state index in [0.29, 0.717) is 0 Å². The molecule has 0 aliphatic carbocycles. The number of hydrogen-bond donors (Lipinski definition) is 1. The molecular formula is C26H29N5O. The first kappa shape index (κ1) is 20.5. The van der Waals surface area contributed by atoms with E-state index < -0.39 is 0 Å². The molecule has 164 valence electrons. The van der Waals surface area contributed by atoms with Gasteiger partial charge in [-0.1, -0.05) is 48.5 Å². The summed E-state index contributed by atoms with van der Waals surface area (Å²) in [5.41, 5.74) is 3.22. The third kappa shape index (κ3) is 4.46. The van der Waals surface area contributed by atoms with Crippen LogP contribution in [-0.2, 0) is 0 Å². The summed E-state index contributed by atoms with van der Waals surface area (Å²) in [6.45, 7) is 5.77. The second-order valence-corrected chi connectivity index (χ2v) is 8.38. The molecule has 0 spiro atoms. The van der Waals surface area contributed by atoms with Crippen molar-refractivity contribution in [1.82, 2.24) is 15.2 Å². The van der Waals surface area contributed by atoms with Gasteiger partial charge in [0.25, 0.3) is 5.91 Å². The van der Waals surface area contributed by atoms with Crippen molar-refractivity contribution in [1.29, 1.82) is 0 Å². The van der Waals surface area contributed by atoms with Gasteiger partial charge in [-0.15, -0.1) is 0 Å². The van der Waals surface area contributed by atoms with E-state index in [0.717, 1.165) is 57.2 Å². The van der Waals surface area contributed by atoms with Crippen LogP contribution >= 0.6 is 0 Å². The lowest BCUT2D eigenvalue weighted by Gasteiger charge is -2.36. The Morgan fingerprint density at radius 3 is 2.31 bits per heavy atom. The zero-order valence-electron chi connectivity index (χ0n) is 18.2. The molecule has 0 saturated carbocycles. The molecule has 32 heavy (non-hydrogen) atoms. The van der Waals surface area contributed by atoms with Gasteiger partial charge in [-0.2, -0.15) is 0 Å². The molecule has 2 aliphatic heterocycles. The number of carbonyl (C=O) groups excluding carboxylic acids is 1. The lowest BCUT2D eigenvalue weighted by Crippen LogP contribution is -2.49. The Kier molecular flexibility index (Phi) is 6.03. The number of rotatable bonds is 4. The van der Waals surface area contributed by atoms with Crippen molar-refractivity contribution >= 4 is 17.4 Å². The Morgan fingerprint density at radius 2 is 1.56 bits per heavy atom. The molecule has 1 unspecified atom stereocenters. The fraction of sp³-hybridized carbons (Fsp3) is 0.308. The predicted molar refractivity (Wildman–Crippen MR) is 128 cm³/mol. The molecular weight excluding hydrogens is 398 g/mol. The average Bonchev–Trinajstić information content (AvgIpc) is 2.89. The molecule has 1 aromatic heterocycles. The van der Waals surface area contributed by atoms with Crippen LogP contribution in [0.5, 0.6) is 0 Å². The van der Waals surface area contributed by atoms with Crippen LogP contribution in [0, 0.1) is 0 Å². The highest BCUT2D eigenvalue weighted by atomic mass is 16.2. The van der Waals surface area contributed by atoms with Crippen LogP contribution in [0.25, 0.3) is 0 Å². The van der Waals surface area contributed by atoms with Crippen LogP contribution < -0.4 is 15.1 Å². The number of anilines is 2. The fourth-order valence-electron chi connectivity index (χ4n) is 4.58. The Hall–Kier alpha value is -3.38. The van der Waals surface area contributed by atoms with Crippen molar-refractivity contribution in [3.05, 3.63) is 90.1 Å². The molecule has 0 bridgehead atoms. The van der Waals surface area contributed by atoms with E-state index in [2.05, 4.69) is 68.6 Å². The summed E-state index contributed by atoms with van der Waals surface area (Å²) in [5, 5.41) is 3.59. The largest absolute Gasteiger partial charge is 0.368 e. The lowest BCUT2D eigenvalue weighted by atomic mass is 10.0. The number of aromatic nitrogens is 1. The Balaban J connectivity index is 1.24. The van der Waals surface area contributed by atoms with Crippen LogP contribution in [0.4, 0.5) is 11.5 Å². The molecule has 6 heteroatoms. The van der Waals surface area contributed by atoms with Crippen molar-refractivity contribution < 1.29 is 4.79 Å². The maximum absolute atomic E-state index is 13.2. The third-order valence-electron chi connectivity index (χ3n) is 6.38. The van der Waals surface area contributed by atoms with Gasteiger partial charge < -0.3 is 20.0 Å². The van der Waals surface area contributed by atoms with Crippen LogP contribution in [-0.4, -0.2) is 61.6 Å². The summed E-state index contributed by atoms with van der Waals surface area (Å²) in [6.07, 6.45) is 1.77. The van der Waals surface area contributed by atoms with Gasteiger partial charge in [-0.05, 0) is 29.8 Å². The lowest BCUT2D eigenvalue weighted by molar-refractivity contribution is 0.0746. The summed E-state index contributed by atoms with van der Waals surface area (Å²) in [5.74, 6) is 0.970. The van der Waals surface area contributed by atoms with Crippen LogP contribution in [0.2, 0.25) is 0 Å². The number of piperazine rings is 2. The van der Waals surface area contributed by atoms with Gasteiger partial charge in [0.15, 0.2) is 0 Å². The van der Waals surface area contributed by atoms with Crippen molar-refractivity contribution in [2.45, 2.75) is 6.04 Å². The molecule has 2 aliphatic rings. The van der Waals surface area contributed by atoms with E-state index in [1.165, 1.54) is 11.3 Å². The zero-order chi connectivity index (χ0) is 21.8. The minimum Gasteiger partial charge on any atom is -0.368 e. The quantitative estimate of drug-likeness (QED) is 0.693. The molecule has 1 N–H and O–H groups in total. The SMILES string of the molecule is O=C(c1ccnc(N2CCNC(c3ccccc3)C2)c1)N1CCN(c2ccccc2)CC1. The Labute approximate surface area is 189 Å². The van der Waals surface area contributed by atoms with E-state index in [-0.39, 0.29) is 11.9 Å². The summed E-state index contributed by atoms with van der Waals surface area (Å²) < 4.78 is 0. The van der Waals surface area contributed by atoms with E-state index in [1.807, 2.05) is 29.2 Å². The van der Waals surface area contributed by atoms with Gasteiger partial charge in [0.1, 0.15) is 5.82 Å². The third-order valence-corrected chi connectivity index (χ3v) is 6.38. The molecule has 3 aromatic rings. The molecule has 3 heterocycles. The number of nitrogens with one attached hydrogen (secondary N) is 1. The number of pyridine rings is 1. The fourth-order valence-corrected chi connectivity index (χ4v) is 4.58. The highest BCUT2D eigenvalue weighted by Gasteiger charge is 2.25. The summed E-state index contributed by atoms with van der Waals surface area (Å²) >= 11 is 0. The first-order valence-corrected chi connectivity index (χ1v) is 11.4. The second kappa shape index (κ2) is 9.40. The van der Waals surface area contributed by atoms with Crippen LogP contribution in [0.15, 0.2) is 79.0 Å². The van der Waals surface area contributed by atoms with Gasteiger partial charge in [0.05, 0.1) is 0 Å². The molecule has 2 saturated heterocycles. The number of nitrogens with zero attached hydrogens (tertiary/aromatic N) is 4. The highest BCUT2D eigenvalue weighted by Crippen LogP contribution is 2.23. The zero-order valence-corrected chi connectivity index (χ0v) is 18.2. The van der Waals surface area contributed by atoms with E-state index >= 15 is 0 Å². The van der Waals surface area contributed by atoms with E-state index in [4.69, 9.17) is 0 Å². The second-order valence-electron chi connectivity index (χ2n) is 8.38. The topological polar surface area (TPSA) is 51.7 Å². The predicted octanol–water partition coefficient (Wildman–Crippen LogP) is 3.19. The van der Waals surface area contributed by atoms with Crippen molar-refractivity contribution in [3.8, 4) is 0 Å². The van der Waals surface area contributed by atoms with Crippen molar-refractivity contribution in [2.75, 3.05) is 55.6 Å². The maximum Gasteiger partial charge on any atom is 0.254 e. The molecule has 0 radical (unpaired) electrons. The van der Waals surface area contributed by atoms with Gasteiger partial charge in [-0.3, -0.25) is 4.79 Å². The number of carbonyl (C=O) groups is 1. The molecule has 2 aromatic carbocycles. The standard InChI is InChI=1S/C26H29N5O/c32-26(30-17-15-29(16-18-30)23-9-5-2-6-10-23)22-11-12-28-25(19-22)31-14-13-27-24(20-31)21-7-3-1-4-8-21/h1-12,19,24,27H,13-18,20H2. The number of hydrogen-bond acceptors (Lipinski definition) is 5. The van der Waals surface area contributed by atoms with E-state index in [9.17, 15) is 4.79 Å². The Morgan fingerprint density at radius 1 is 0.844 bits per heavy atom. The highest BCUT2D eigenvalue weighted by molar-refractivity contribution is 5.95.